The van der Waals surface area contributed by atoms with Crippen molar-refractivity contribution >= 4 is 34.0 Å². The summed E-state index contributed by atoms with van der Waals surface area (Å²) >= 11 is 5.95. The van der Waals surface area contributed by atoms with E-state index in [9.17, 15) is 0 Å². The summed E-state index contributed by atoms with van der Waals surface area (Å²) in [5, 5.41) is 8.68. The molecule has 28 heavy (non-hydrogen) atoms. The van der Waals surface area contributed by atoms with E-state index in [1.165, 1.54) is 11.1 Å². The smallest absolute Gasteiger partial charge is 0.137 e. The van der Waals surface area contributed by atoms with Gasteiger partial charge < -0.3 is 10.6 Å². The van der Waals surface area contributed by atoms with Crippen molar-refractivity contribution in [2.24, 2.45) is 0 Å². The minimum Gasteiger partial charge on any atom is -0.381 e. The number of rotatable bonds is 7. The van der Waals surface area contributed by atoms with Gasteiger partial charge >= 0.3 is 0 Å². The topological polar surface area (TPSA) is 49.8 Å². The first-order valence-corrected chi connectivity index (χ1v) is 9.66. The largest absolute Gasteiger partial charge is 0.381 e. The molecule has 0 aliphatic carbocycles. The fraction of sp³-hybridized carbons (Fsp3) is 0.130. The summed E-state index contributed by atoms with van der Waals surface area (Å²) < 4.78 is 0. The molecule has 0 aliphatic heterocycles. The summed E-state index contributed by atoms with van der Waals surface area (Å²) in [6, 6.07) is 24.5. The molecule has 4 rings (SSSR count). The molecule has 4 aromatic rings. The molecule has 0 bridgehead atoms. The Morgan fingerprint density at radius 1 is 0.786 bits per heavy atom. The van der Waals surface area contributed by atoms with Gasteiger partial charge in [0.15, 0.2) is 0 Å². The van der Waals surface area contributed by atoms with E-state index in [1.807, 2.05) is 48.5 Å². The highest BCUT2D eigenvalue weighted by Crippen LogP contribution is 2.23. The van der Waals surface area contributed by atoms with E-state index in [1.54, 1.807) is 6.33 Å². The molecule has 3 aromatic carbocycles. The van der Waals surface area contributed by atoms with Gasteiger partial charge in [-0.1, -0.05) is 54.1 Å². The Balaban J connectivity index is 1.45. The number of anilines is 2. The second-order valence-corrected chi connectivity index (χ2v) is 7.03. The van der Waals surface area contributed by atoms with Crippen LogP contribution < -0.4 is 10.6 Å². The number of hydrogen-bond acceptors (Lipinski definition) is 4. The van der Waals surface area contributed by atoms with Crippen LogP contribution in [-0.2, 0) is 13.0 Å². The Labute approximate surface area is 169 Å². The van der Waals surface area contributed by atoms with Gasteiger partial charge in [0, 0.05) is 29.2 Å². The summed E-state index contributed by atoms with van der Waals surface area (Å²) in [4.78, 5) is 8.82. The number of aromatic nitrogens is 2. The van der Waals surface area contributed by atoms with Crippen molar-refractivity contribution in [2.45, 2.75) is 13.0 Å². The maximum absolute atomic E-state index is 5.95. The van der Waals surface area contributed by atoms with Gasteiger partial charge in [-0.25, -0.2) is 9.97 Å². The molecule has 1 aromatic heterocycles. The Bertz CT molecular complexity index is 1050. The predicted octanol–water partition coefficient (Wildman–Crippen LogP) is 5.55. The Kier molecular flexibility index (Phi) is 5.69. The quantitative estimate of drug-likeness (QED) is 0.435. The van der Waals surface area contributed by atoms with Crippen LogP contribution in [0.2, 0.25) is 5.02 Å². The van der Waals surface area contributed by atoms with Gasteiger partial charge in [0.05, 0.1) is 5.52 Å². The molecule has 4 nitrogen and oxygen atoms in total. The van der Waals surface area contributed by atoms with Crippen molar-refractivity contribution in [1.29, 1.82) is 0 Å². The lowest BCUT2D eigenvalue weighted by Crippen LogP contribution is -2.07. The standard InChI is InChI=1S/C23H21ClN4/c24-19-8-6-17(7-9-19)12-13-25-23-21-14-20(10-11-22(21)27-16-28-23)26-15-18-4-2-1-3-5-18/h1-11,14,16,26H,12-13,15H2,(H,25,27,28). The normalized spacial score (nSPS) is 10.8. The highest BCUT2D eigenvalue weighted by Gasteiger charge is 2.05. The zero-order chi connectivity index (χ0) is 19.2. The van der Waals surface area contributed by atoms with Gasteiger partial charge in [0.1, 0.15) is 12.1 Å². The third-order valence-electron chi connectivity index (χ3n) is 4.59. The molecule has 0 amide bonds. The van der Waals surface area contributed by atoms with E-state index in [0.717, 1.165) is 46.9 Å². The Morgan fingerprint density at radius 3 is 2.43 bits per heavy atom. The maximum Gasteiger partial charge on any atom is 0.137 e. The van der Waals surface area contributed by atoms with Crippen LogP contribution in [0.4, 0.5) is 11.5 Å². The maximum atomic E-state index is 5.95. The first-order chi connectivity index (χ1) is 13.8. The zero-order valence-corrected chi connectivity index (χ0v) is 16.2. The van der Waals surface area contributed by atoms with Gasteiger partial charge in [-0.2, -0.15) is 0 Å². The average Bonchev–Trinajstić information content (AvgIpc) is 2.74. The number of halogens is 1. The Hall–Kier alpha value is -3.11. The summed E-state index contributed by atoms with van der Waals surface area (Å²) in [6.45, 7) is 1.56. The van der Waals surface area contributed by atoms with Crippen molar-refractivity contribution in [3.8, 4) is 0 Å². The monoisotopic (exact) mass is 388 g/mol. The third-order valence-corrected chi connectivity index (χ3v) is 4.85. The van der Waals surface area contributed by atoms with Gasteiger partial charge in [-0.05, 0) is 47.9 Å². The second kappa shape index (κ2) is 8.72. The lowest BCUT2D eigenvalue weighted by atomic mass is 10.1. The lowest BCUT2D eigenvalue weighted by molar-refractivity contribution is 1.01. The van der Waals surface area contributed by atoms with E-state index in [-0.39, 0.29) is 0 Å². The van der Waals surface area contributed by atoms with Crippen molar-refractivity contribution in [2.75, 3.05) is 17.2 Å². The summed E-state index contributed by atoms with van der Waals surface area (Å²) in [6.07, 6.45) is 2.50. The first kappa shape index (κ1) is 18.3. The number of nitrogens with one attached hydrogen (secondary N) is 2. The summed E-state index contributed by atoms with van der Waals surface area (Å²) in [5.41, 5.74) is 4.45. The van der Waals surface area contributed by atoms with Crippen molar-refractivity contribution in [3.63, 3.8) is 0 Å². The number of fused-ring (bicyclic) bond motifs is 1. The molecule has 5 heteroatoms. The SMILES string of the molecule is Clc1ccc(CCNc2ncnc3ccc(NCc4ccccc4)cc23)cc1. The minimum atomic E-state index is 0.758. The van der Waals surface area contributed by atoms with E-state index >= 15 is 0 Å². The van der Waals surface area contributed by atoms with Crippen molar-refractivity contribution < 1.29 is 0 Å². The fourth-order valence-electron chi connectivity index (χ4n) is 3.08. The van der Waals surface area contributed by atoms with Crippen LogP contribution in [0, 0.1) is 0 Å². The third kappa shape index (κ3) is 4.59. The van der Waals surface area contributed by atoms with Gasteiger partial charge in [0.25, 0.3) is 0 Å². The van der Waals surface area contributed by atoms with E-state index in [4.69, 9.17) is 11.6 Å². The fourth-order valence-corrected chi connectivity index (χ4v) is 3.21. The summed E-state index contributed by atoms with van der Waals surface area (Å²) in [7, 11) is 0. The van der Waals surface area contributed by atoms with Crippen LogP contribution in [-0.4, -0.2) is 16.5 Å². The van der Waals surface area contributed by atoms with Gasteiger partial charge in [-0.15, -0.1) is 0 Å². The minimum absolute atomic E-state index is 0.758. The van der Waals surface area contributed by atoms with Crippen LogP contribution in [0.15, 0.2) is 79.1 Å². The number of hydrogen-bond donors (Lipinski definition) is 2. The molecule has 0 saturated carbocycles. The molecule has 0 radical (unpaired) electrons. The molecule has 0 aliphatic rings. The van der Waals surface area contributed by atoms with Crippen LogP contribution in [0.3, 0.4) is 0 Å². The molecular weight excluding hydrogens is 368 g/mol. The molecule has 2 N–H and O–H groups in total. The molecule has 1 heterocycles. The molecule has 0 spiro atoms. The highest BCUT2D eigenvalue weighted by molar-refractivity contribution is 6.30. The van der Waals surface area contributed by atoms with Crippen LogP contribution >= 0.6 is 11.6 Å². The van der Waals surface area contributed by atoms with Gasteiger partial charge in [-0.3, -0.25) is 0 Å². The molecule has 0 fully saturated rings. The van der Waals surface area contributed by atoms with Crippen molar-refractivity contribution in [3.05, 3.63) is 95.3 Å². The van der Waals surface area contributed by atoms with E-state index < -0.39 is 0 Å². The first-order valence-electron chi connectivity index (χ1n) is 9.29. The lowest BCUT2D eigenvalue weighted by Gasteiger charge is -2.11. The van der Waals surface area contributed by atoms with Crippen molar-refractivity contribution in [1.82, 2.24) is 9.97 Å². The molecule has 0 atom stereocenters. The average molecular weight is 389 g/mol. The molecule has 0 saturated heterocycles. The van der Waals surface area contributed by atoms with Crippen LogP contribution in [0.1, 0.15) is 11.1 Å². The van der Waals surface area contributed by atoms with E-state index in [2.05, 4.69) is 44.9 Å². The predicted molar refractivity (Wildman–Crippen MR) is 117 cm³/mol. The number of nitrogens with zero attached hydrogens (tertiary/aromatic N) is 2. The molecule has 0 unspecified atom stereocenters. The van der Waals surface area contributed by atoms with Crippen LogP contribution in [0.5, 0.6) is 0 Å². The Morgan fingerprint density at radius 2 is 1.61 bits per heavy atom. The van der Waals surface area contributed by atoms with E-state index in [0.29, 0.717) is 0 Å². The van der Waals surface area contributed by atoms with Crippen LogP contribution in [0.25, 0.3) is 10.9 Å². The highest BCUT2D eigenvalue weighted by atomic mass is 35.5. The number of benzene rings is 3. The van der Waals surface area contributed by atoms with Gasteiger partial charge in [0.2, 0.25) is 0 Å². The molecular formula is C23H21ClN4. The zero-order valence-electron chi connectivity index (χ0n) is 15.4. The summed E-state index contributed by atoms with van der Waals surface area (Å²) in [5.74, 6) is 0.849. The molecule has 140 valence electrons. The second-order valence-electron chi connectivity index (χ2n) is 6.60.